The van der Waals surface area contributed by atoms with E-state index in [-0.39, 0.29) is 32.6 Å². The van der Waals surface area contributed by atoms with Gasteiger partial charge in [0.15, 0.2) is 12.0 Å². The Kier molecular flexibility index (Phi) is 15.3. The van der Waals surface area contributed by atoms with Crippen molar-refractivity contribution in [3.63, 3.8) is 0 Å². The Morgan fingerprint density at radius 1 is 1.26 bits per heavy atom. The molecule has 0 aliphatic rings. The number of alkyl halides is 1. The van der Waals surface area contributed by atoms with Gasteiger partial charge < -0.3 is 4.52 Å². The van der Waals surface area contributed by atoms with Crippen molar-refractivity contribution in [2.24, 2.45) is 0 Å². The van der Waals surface area contributed by atoms with E-state index in [1.54, 1.807) is 0 Å². The predicted octanol–water partition coefficient (Wildman–Crippen LogP) is 5.23. The number of rotatable bonds is 7. The first-order valence-electron chi connectivity index (χ1n) is 6.86. The van der Waals surface area contributed by atoms with Crippen molar-refractivity contribution in [3.05, 3.63) is 29.8 Å². The Morgan fingerprint density at radius 3 is 2.26 bits per heavy atom. The molecule has 2 N–H and O–H groups in total. The molecule has 0 radical (unpaired) electrons. The van der Waals surface area contributed by atoms with Gasteiger partial charge in [0, 0.05) is 12.0 Å². The van der Waals surface area contributed by atoms with Gasteiger partial charge in [-0.15, -0.1) is 0 Å². The van der Waals surface area contributed by atoms with Crippen molar-refractivity contribution in [1.29, 1.82) is 0 Å². The molecule has 0 bridgehead atoms. The number of phosphoric ester groups is 1. The molecule has 0 fully saturated rings. The van der Waals surface area contributed by atoms with Crippen LogP contribution in [0.2, 0.25) is 0 Å². The van der Waals surface area contributed by atoms with Gasteiger partial charge in [-0.2, -0.15) is 0 Å². The standard InChI is InChI=1S/C12H16FO5P.C2H6.2CH4/c1-2-3-7-10(14)12(13)9-6-4-5-8-11(9)18-19(15,16)17;1-2;;/h4-6,8,12H,2-3,7H2,1H3,(H2,15,16,17);1-2H3;2*1H4. The highest BCUT2D eigenvalue weighted by atomic mass is 31.2. The number of para-hydroxylation sites is 1. The fourth-order valence-corrected chi connectivity index (χ4v) is 1.97. The molecule has 23 heavy (non-hydrogen) atoms. The van der Waals surface area contributed by atoms with Crippen LogP contribution < -0.4 is 4.52 Å². The summed E-state index contributed by atoms with van der Waals surface area (Å²) in [6, 6.07) is 5.41. The van der Waals surface area contributed by atoms with Crippen molar-refractivity contribution < 1.29 is 28.1 Å². The van der Waals surface area contributed by atoms with Crippen LogP contribution in [0, 0.1) is 0 Å². The highest BCUT2D eigenvalue weighted by molar-refractivity contribution is 7.46. The van der Waals surface area contributed by atoms with E-state index in [0.29, 0.717) is 6.42 Å². The Labute approximate surface area is 139 Å². The first-order valence-corrected chi connectivity index (χ1v) is 8.39. The molecule has 0 aliphatic carbocycles. The molecule has 0 saturated heterocycles. The first-order chi connectivity index (χ1) is 9.85. The molecule has 0 amide bonds. The molecule has 1 atom stereocenters. The highest BCUT2D eigenvalue weighted by Crippen LogP contribution is 2.41. The quantitative estimate of drug-likeness (QED) is 0.657. The van der Waals surface area contributed by atoms with Crippen LogP contribution in [-0.4, -0.2) is 15.6 Å². The van der Waals surface area contributed by atoms with E-state index in [2.05, 4.69) is 4.52 Å². The summed E-state index contributed by atoms with van der Waals surface area (Å²) in [5.41, 5.74) is -0.160. The van der Waals surface area contributed by atoms with Crippen LogP contribution in [0.25, 0.3) is 0 Å². The molecule has 1 rings (SSSR count). The van der Waals surface area contributed by atoms with Crippen molar-refractivity contribution in [3.8, 4) is 5.75 Å². The summed E-state index contributed by atoms with van der Waals surface area (Å²) in [5.74, 6) is -0.934. The maximum atomic E-state index is 14.0. The normalized spacial score (nSPS) is 11.0. The summed E-state index contributed by atoms with van der Waals surface area (Å²) in [7, 11) is -4.78. The van der Waals surface area contributed by atoms with E-state index in [9.17, 15) is 13.8 Å². The second kappa shape index (κ2) is 13.2. The lowest BCUT2D eigenvalue weighted by Gasteiger charge is -2.14. The van der Waals surface area contributed by atoms with Gasteiger partial charge in [0.05, 0.1) is 0 Å². The number of unbranched alkanes of at least 4 members (excludes halogenated alkanes) is 1. The molecule has 1 unspecified atom stereocenters. The van der Waals surface area contributed by atoms with E-state index in [4.69, 9.17) is 9.79 Å². The van der Waals surface area contributed by atoms with Gasteiger partial charge in [-0.1, -0.05) is 60.2 Å². The lowest BCUT2D eigenvalue weighted by atomic mass is 10.0. The maximum Gasteiger partial charge on any atom is 0.524 e. The minimum Gasteiger partial charge on any atom is -0.404 e. The average Bonchev–Trinajstić information content (AvgIpc) is 2.45. The third kappa shape index (κ3) is 10.2. The zero-order valence-electron chi connectivity index (χ0n) is 12.5. The number of benzene rings is 1. The monoisotopic (exact) mass is 352 g/mol. The molecular weight excluding hydrogens is 322 g/mol. The molecule has 0 aliphatic heterocycles. The highest BCUT2D eigenvalue weighted by Gasteiger charge is 2.25. The second-order valence-electron chi connectivity index (χ2n) is 4.05. The number of halogens is 1. The zero-order chi connectivity index (χ0) is 16.5. The molecule has 0 heterocycles. The van der Waals surface area contributed by atoms with Crippen molar-refractivity contribution in [2.75, 3.05) is 0 Å². The van der Waals surface area contributed by atoms with Crippen LogP contribution in [0.15, 0.2) is 24.3 Å². The summed E-state index contributed by atoms with van der Waals surface area (Å²) in [4.78, 5) is 29.1. The van der Waals surface area contributed by atoms with Gasteiger partial charge in [-0.3, -0.25) is 14.6 Å². The minimum atomic E-state index is -4.78. The number of phosphoric acid groups is 1. The lowest BCUT2D eigenvalue weighted by Crippen LogP contribution is -2.09. The summed E-state index contributed by atoms with van der Waals surface area (Å²) < 4.78 is 29.2. The third-order valence-corrected chi connectivity index (χ3v) is 2.90. The van der Waals surface area contributed by atoms with Crippen molar-refractivity contribution in [2.45, 2.75) is 61.1 Å². The van der Waals surface area contributed by atoms with E-state index < -0.39 is 19.8 Å². The average molecular weight is 352 g/mol. The van der Waals surface area contributed by atoms with Crippen molar-refractivity contribution in [1.82, 2.24) is 0 Å². The van der Waals surface area contributed by atoms with Crippen LogP contribution in [0.1, 0.15) is 66.6 Å². The van der Waals surface area contributed by atoms with Crippen LogP contribution in [0.4, 0.5) is 4.39 Å². The van der Waals surface area contributed by atoms with Gasteiger partial charge in [0.1, 0.15) is 5.75 Å². The Hall–Kier alpha value is -1.23. The SMILES string of the molecule is C.C.CC.CCCCC(=O)C(F)c1ccccc1OP(=O)(O)O. The molecule has 0 saturated carbocycles. The summed E-state index contributed by atoms with van der Waals surface area (Å²) in [6.07, 6.45) is -0.517. The second-order valence-corrected chi connectivity index (χ2v) is 5.22. The van der Waals surface area contributed by atoms with Gasteiger partial charge in [-0.25, -0.2) is 8.96 Å². The summed E-state index contributed by atoms with van der Waals surface area (Å²) in [6.45, 7) is 5.88. The number of ketones is 1. The molecule has 0 aromatic heterocycles. The summed E-state index contributed by atoms with van der Waals surface area (Å²) >= 11 is 0. The van der Waals surface area contributed by atoms with Crippen LogP contribution >= 0.6 is 7.82 Å². The molecule has 0 spiro atoms. The van der Waals surface area contributed by atoms with E-state index >= 15 is 0 Å². The van der Waals surface area contributed by atoms with Gasteiger partial charge >= 0.3 is 7.82 Å². The molecule has 136 valence electrons. The number of hydrogen-bond donors (Lipinski definition) is 2. The smallest absolute Gasteiger partial charge is 0.404 e. The number of hydrogen-bond acceptors (Lipinski definition) is 3. The largest absolute Gasteiger partial charge is 0.524 e. The number of Topliss-reactive ketones (excluding diaryl/α,β-unsaturated/α-hetero) is 1. The Bertz CT molecular complexity index is 487. The Morgan fingerprint density at radius 2 is 1.78 bits per heavy atom. The Balaban J connectivity index is -0.000000960. The topological polar surface area (TPSA) is 83.8 Å². The predicted molar refractivity (Wildman–Crippen MR) is 92.3 cm³/mol. The number of carbonyl (C=O) groups excluding carboxylic acids is 1. The van der Waals surface area contributed by atoms with Crippen LogP contribution in [0.5, 0.6) is 5.75 Å². The molecular formula is C16H30FO5P. The number of carbonyl (C=O) groups is 1. The zero-order valence-corrected chi connectivity index (χ0v) is 13.3. The summed E-state index contributed by atoms with van der Waals surface area (Å²) in [5, 5.41) is 0. The molecule has 7 heteroatoms. The van der Waals surface area contributed by atoms with E-state index in [0.717, 1.165) is 6.42 Å². The molecule has 5 nitrogen and oxygen atoms in total. The lowest BCUT2D eigenvalue weighted by molar-refractivity contribution is -0.124. The van der Waals surface area contributed by atoms with Crippen molar-refractivity contribution >= 4 is 13.6 Å². The fraction of sp³-hybridized carbons (Fsp3) is 0.562. The third-order valence-electron chi connectivity index (χ3n) is 2.47. The molecule has 1 aromatic carbocycles. The maximum absolute atomic E-state index is 14.0. The minimum absolute atomic E-state index is 0. The van der Waals surface area contributed by atoms with E-state index in [1.165, 1.54) is 24.3 Å². The first kappa shape index (κ1) is 26.7. The molecule has 1 aromatic rings. The fourth-order valence-electron chi connectivity index (χ4n) is 1.55. The van der Waals surface area contributed by atoms with Gasteiger partial charge in [-0.05, 0) is 12.5 Å². The van der Waals surface area contributed by atoms with Gasteiger partial charge in [0.2, 0.25) is 0 Å². The van der Waals surface area contributed by atoms with Gasteiger partial charge in [0.25, 0.3) is 0 Å². The van der Waals surface area contributed by atoms with E-state index in [1.807, 2.05) is 20.8 Å². The van der Waals surface area contributed by atoms with Crippen LogP contribution in [0.3, 0.4) is 0 Å². The van der Waals surface area contributed by atoms with Crippen LogP contribution in [-0.2, 0) is 9.36 Å².